The SMILES string of the molecule is FC(F)(F)[C@H](OC[C@H]1CO1)c1ccc(Cl)c(Cl)c1. The van der Waals surface area contributed by atoms with Crippen LogP contribution < -0.4 is 0 Å². The minimum absolute atomic E-state index is 0.0645. The van der Waals surface area contributed by atoms with Crippen LogP contribution in [0.1, 0.15) is 11.7 Å². The molecular weight excluding hydrogens is 292 g/mol. The van der Waals surface area contributed by atoms with Crippen molar-refractivity contribution in [2.45, 2.75) is 18.4 Å². The summed E-state index contributed by atoms with van der Waals surface area (Å²) in [5.41, 5.74) is -0.0717. The number of alkyl halides is 3. The van der Waals surface area contributed by atoms with Crippen LogP contribution in [0.2, 0.25) is 10.0 Å². The van der Waals surface area contributed by atoms with Gasteiger partial charge in [0.15, 0.2) is 6.10 Å². The highest BCUT2D eigenvalue weighted by atomic mass is 35.5. The van der Waals surface area contributed by atoms with Gasteiger partial charge in [-0.3, -0.25) is 0 Å². The Kier molecular flexibility index (Phi) is 4.06. The fourth-order valence-electron chi connectivity index (χ4n) is 1.42. The summed E-state index contributed by atoms with van der Waals surface area (Å²) in [5.74, 6) is 0. The maximum Gasteiger partial charge on any atom is 0.418 e. The molecule has 1 saturated heterocycles. The van der Waals surface area contributed by atoms with Crippen LogP contribution in [0.5, 0.6) is 0 Å². The highest BCUT2D eigenvalue weighted by Gasteiger charge is 2.43. The molecule has 2 nitrogen and oxygen atoms in total. The van der Waals surface area contributed by atoms with Gasteiger partial charge in [0, 0.05) is 0 Å². The Balaban J connectivity index is 2.17. The van der Waals surface area contributed by atoms with E-state index in [1.165, 1.54) is 12.1 Å². The molecule has 1 aliphatic rings. The van der Waals surface area contributed by atoms with Gasteiger partial charge in [-0.15, -0.1) is 0 Å². The lowest BCUT2D eigenvalue weighted by Gasteiger charge is -2.21. The van der Waals surface area contributed by atoms with Crippen LogP contribution in [-0.4, -0.2) is 25.5 Å². The van der Waals surface area contributed by atoms with Crippen LogP contribution in [0, 0.1) is 0 Å². The van der Waals surface area contributed by atoms with Crippen molar-refractivity contribution in [2.24, 2.45) is 0 Å². The lowest BCUT2D eigenvalue weighted by atomic mass is 10.1. The summed E-state index contributed by atoms with van der Waals surface area (Å²) in [4.78, 5) is 0. The van der Waals surface area contributed by atoms with Crippen LogP contribution in [-0.2, 0) is 9.47 Å². The predicted octanol–water partition coefficient (Wildman–Crippen LogP) is 4.01. The number of hydrogen-bond acceptors (Lipinski definition) is 2. The van der Waals surface area contributed by atoms with E-state index in [9.17, 15) is 13.2 Å². The molecule has 0 radical (unpaired) electrons. The van der Waals surface area contributed by atoms with E-state index in [0.717, 1.165) is 6.07 Å². The first-order chi connectivity index (χ1) is 8.38. The zero-order valence-corrected chi connectivity index (χ0v) is 10.5. The molecule has 18 heavy (non-hydrogen) atoms. The summed E-state index contributed by atoms with van der Waals surface area (Å²) >= 11 is 11.4. The molecule has 1 fully saturated rings. The highest BCUT2D eigenvalue weighted by Crippen LogP contribution is 2.38. The number of halogens is 5. The summed E-state index contributed by atoms with van der Waals surface area (Å²) < 4.78 is 48.3. The normalized spacial score (nSPS) is 20.8. The van der Waals surface area contributed by atoms with Crippen LogP contribution >= 0.6 is 23.2 Å². The second kappa shape index (κ2) is 5.25. The van der Waals surface area contributed by atoms with E-state index in [2.05, 4.69) is 0 Å². The number of rotatable bonds is 4. The first-order valence-electron chi connectivity index (χ1n) is 5.13. The van der Waals surface area contributed by atoms with Crippen molar-refractivity contribution in [3.63, 3.8) is 0 Å². The van der Waals surface area contributed by atoms with Gasteiger partial charge in [0.05, 0.1) is 23.3 Å². The minimum Gasteiger partial charge on any atom is -0.371 e. The molecule has 0 amide bonds. The van der Waals surface area contributed by atoms with E-state index in [1.54, 1.807) is 0 Å². The Morgan fingerprint density at radius 3 is 2.50 bits per heavy atom. The molecule has 0 unspecified atom stereocenters. The molecule has 1 aromatic carbocycles. The molecule has 0 aromatic heterocycles. The Bertz CT molecular complexity index is 433. The van der Waals surface area contributed by atoms with E-state index >= 15 is 0 Å². The maximum absolute atomic E-state index is 12.9. The standard InChI is InChI=1S/C11H9Cl2F3O2/c12-8-2-1-6(3-9(8)13)10(11(14,15)16)18-5-7-4-17-7/h1-3,7,10H,4-5H2/t7-,10-/m1/s1. The number of benzene rings is 1. The third-order valence-electron chi connectivity index (χ3n) is 2.39. The molecule has 2 rings (SSSR count). The molecule has 1 aliphatic heterocycles. The molecule has 0 N–H and O–H groups in total. The molecule has 0 aliphatic carbocycles. The predicted molar refractivity (Wildman–Crippen MR) is 61.0 cm³/mol. The van der Waals surface area contributed by atoms with E-state index in [-0.39, 0.29) is 28.3 Å². The van der Waals surface area contributed by atoms with Crippen molar-refractivity contribution in [1.82, 2.24) is 0 Å². The van der Waals surface area contributed by atoms with Crippen molar-refractivity contribution >= 4 is 23.2 Å². The number of epoxide rings is 1. The molecule has 1 aromatic rings. The molecule has 2 atom stereocenters. The number of ether oxygens (including phenoxy) is 2. The first-order valence-corrected chi connectivity index (χ1v) is 5.88. The average Bonchev–Trinajstić information content (AvgIpc) is 3.05. The van der Waals surface area contributed by atoms with Gasteiger partial charge in [-0.25, -0.2) is 0 Å². The molecule has 0 spiro atoms. The van der Waals surface area contributed by atoms with Crippen molar-refractivity contribution in [2.75, 3.05) is 13.2 Å². The summed E-state index contributed by atoms with van der Waals surface area (Å²) in [5, 5.41) is 0.265. The molecule has 0 saturated carbocycles. The van der Waals surface area contributed by atoms with Crippen LogP contribution in [0.25, 0.3) is 0 Å². The third-order valence-corrected chi connectivity index (χ3v) is 3.13. The van der Waals surface area contributed by atoms with E-state index in [4.69, 9.17) is 32.7 Å². The van der Waals surface area contributed by atoms with Gasteiger partial charge < -0.3 is 9.47 Å². The smallest absolute Gasteiger partial charge is 0.371 e. The van der Waals surface area contributed by atoms with Crippen molar-refractivity contribution in [1.29, 1.82) is 0 Å². The molecule has 1 heterocycles. The summed E-state index contributed by atoms with van der Waals surface area (Å²) in [6, 6.07) is 3.73. The zero-order chi connectivity index (χ0) is 13.3. The Labute approximate surface area is 112 Å². The van der Waals surface area contributed by atoms with Gasteiger partial charge in [0.2, 0.25) is 0 Å². The quantitative estimate of drug-likeness (QED) is 0.784. The first kappa shape index (κ1) is 13.9. The molecular formula is C11H9Cl2F3O2. The summed E-state index contributed by atoms with van der Waals surface area (Å²) in [7, 11) is 0. The maximum atomic E-state index is 12.9. The molecule has 100 valence electrons. The van der Waals surface area contributed by atoms with Gasteiger partial charge in [0.25, 0.3) is 0 Å². The second-order valence-electron chi connectivity index (χ2n) is 3.88. The monoisotopic (exact) mass is 300 g/mol. The Morgan fingerprint density at radius 2 is 2.00 bits per heavy atom. The van der Waals surface area contributed by atoms with Crippen molar-refractivity contribution < 1.29 is 22.6 Å². The fourth-order valence-corrected chi connectivity index (χ4v) is 1.73. The highest BCUT2D eigenvalue weighted by molar-refractivity contribution is 6.42. The third kappa shape index (κ3) is 3.51. The van der Waals surface area contributed by atoms with Crippen LogP contribution in [0.3, 0.4) is 0 Å². The van der Waals surface area contributed by atoms with Crippen LogP contribution in [0.15, 0.2) is 18.2 Å². The fraction of sp³-hybridized carbons (Fsp3) is 0.455. The van der Waals surface area contributed by atoms with Gasteiger partial charge >= 0.3 is 6.18 Å². The Morgan fingerprint density at radius 1 is 1.33 bits per heavy atom. The molecule has 0 bridgehead atoms. The van der Waals surface area contributed by atoms with E-state index < -0.39 is 12.3 Å². The van der Waals surface area contributed by atoms with E-state index in [1.807, 2.05) is 0 Å². The zero-order valence-electron chi connectivity index (χ0n) is 9.01. The number of hydrogen-bond donors (Lipinski definition) is 0. The average molecular weight is 301 g/mol. The van der Waals surface area contributed by atoms with Gasteiger partial charge in [-0.1, -0.05) is 29.3 Å². The lowest BCUT2D eigenvalue weighted by molar-refractivity contribution is -0.224. The lowest BCUT2D eigenvalue weighted by Crippen LogP contribution is -2.25. The van der Waals surface area contributed by atoms with Crippen LogP contribution in [0.4, 0.5) is 13.2 Å². The van der Waals surface area contributed by atoms with E-state index in [0.29, 0.717) is 6.61 Å². The second-order valence-corrected chi connectivity index (χ2v) is 4.70. The minimum atomic E-state index is -4.51. The Hall–Kier alpha value is -0.490. The van der Waals surface area contributed by atoms with Gasteiger partial charge in [-0.2, -0.15) is 13.2 Å². The molecule has 7 heteroatoms. The largest absolute Gasteiger partial charge is 0.418 e. The topological polar surface area (TPSA) is 21.8 Å². The summed E-state index contributed by atoms with van der Waals surface area (Å²) in [6.07, 6.45) is -6.76. The van der Waals surface area contributed by atoms with Crippen molar-refractivity contribution in [3.8, 4) is 0 Å². The van der Waals surface area contributed by atoms with Gasteiger partial charge in [0.1, 0.15) is 6.10 Å². The van der Waals surface area contributed by atoms with Gasteiger partial charge in [-0.05, 0) is 17.7 Å². The summed E-state index contributed by atoms with van der Waals surface area (Å²) in [6.45, 7) is 0.344. The van der Waals surface area contributed by atoms with Crippen molar-refractivity contribution in [3.05, 3.63) is 33.8 Å².